The fourth-order valence-corrected chi connectivity index (χ4v) is 3.09. The van der Waals surface area contributed by atoms with Crippen molar-refractivity contribution >= 4 is 16.9 Å². The van der Waals surface area contributed by atoms with E-state index < -0.39 is 0 Å². The fourth-order valence-electron chi connectivity index (χ4n) is 3.09. The summed E-state index contributed by atoms with van der Waals surface area (Å²) >= 11 is 0. The van der Waals surface area contributed by atoms with E-state index in [9.17, 15) is 4.79 Å². The molecule has 0 saturated heterocycles. The SMILES string of the molecule is COc1ccccc1CCC(=O)NCc1nc2cccc(C)c2n1C. The van der Waals surface area contributed by atoms with Crippen LogP contribution in [0, 0.1) is 6.92 Å². The number of methoxy groups -OCH3 is 1. The number of hydrogen-bond donors (Lipinski definition) is 1. The number of amides is 1. The Bertz CT molecular complexity index is 899. The highest BCUT2D eigenvalue weighted by atomic mass is 16.5. The number of para-hydroxylation sites is 2. The quantitative estimate of drug-likeness (QED) is 0.752. The molecule has 0 fully saturated rings. The van der Waals surface area contributed by atoms with Crippen LogP contribution in [0.1, 0.15) is 23.4 Å². The maximum Gasteiger partial charge on any atom is 0.220 e. The van der Waals surface area contributed by atoms with Gasteiger partial charge in [-0.05, 0) is 36.6 Å². The molecule has 0 spiro atoms. The van der Waals surface area contributed by atoms with E-state index >= 15 is 0 Å². The molecule has 1 N–H and O–H groups in total. The molecule has 3 aromatic rings. The fraction of sp³-hybridized carbons (Fsp3) is 0.300. The molecule has 1 amide bonds. The van der Waals surface area contributed by atoms with Crippen molar-refractivity contribution in [3.8, 4) is 5.75 Å². The van der Waals surface area contributed by atoms with Crippen molar-refractivity contribution in [3.63, 3.8) is 0 Å². The third kappa shape index (κ3) is 3.65. The third-order valence-electron chi connectivity index (χ3n) is 4.45. The van der Waals surface area contributed by atoms with E-state index in [4.69, 9.17) is 4.74 Å². The van der Waals surface area contributed by atoms with Gasteiger partial charge in [0, 0.05) is 13.5 Å². The second-order valence-corrected chi connectivity index (χ2v) is 6.12. The van der Waals surface area contributed by atoms with Gasteiger partial charge in [0.15, 0.2) is 0 Å². The molecule has 130 valence electrons. The lowest BCUT2D eigenvalue weighted by atomic mass is 10.1. The van der Waals surface area contributed by atoms with Gasteiger partial charge in [-0.15, -0.1) is 0 Å². The number of aromatic nitrogens is 2. The van der Waals surface area contributed by atoms with Gasteiger partial charge >= 0.3 is 0 Å². The minimum absolute atomic E-state index is 0.00897. The van der Waals surface area contributed by atoms with Gasteiger partial charge in [-0.1, -0.05) is 30.3 Å². The number of ether oxygens (including phenoxy) is 1. The number of rotatable bonds is 6. The van der Waals surface area contributed by atoms with Crippen LogP contribution in [-0.2, 0) is 24.8 Å². The maximum absolute atomic E-state index is 12.2. The number of nitrogens with zero attached hydrogens (tertiary/aromatic N) is 2. The normalized spacial score (nSPS) is 10.8. The number of fused-ring (bicyclic) bond motifs is 1. The zero-order valence-corrected chi connectivity index (χ0v) is 14.9. The predicted octanol–water partition coefficient (Wildman–Crippen LogP) is 3.14. The zero-order valence-electron chi connectivity index (χ0n) is 14.9. The second kappa shape index (κ2) is 7.38. The molecule has 0 saturated carbocycles. The molecule has 0 unspecified atom stereocenters. The highest BCUT2D eigenvalue weighted by molar-refractivity contribution is 5.80. The van der Waals surface area contributed by atoms with E-state index in [-0.39, 0.29) is 5.91 Å². The molecule has 1 aromatic heterocycles. The number of imidazole rings is 1. The molecule has 25 heavy (non-hydrogen) atoms. The summed E-state index contributed by atoms with van der Waals surface area (Å²) in [6.45, 7) is 2.50. The van der Waals surface area contributed by atoms with Crippen LogP contribution in [0.3, 0.4) is 0 Å². The van der Waals surface area contributed by atoms with Gasteiger partial charge in [0.2, 0.25) is 5.91 Å². The number of carbonyl (C=O) groups is 1. The highest BCUT2D eigenvalue weighted by Gasteiger charge is 2.11. The lowest BCUT2D eigenvalue weighted by molar-refractivity contribution is -0.121. The standard InChI is InChI=1S/C20H23N3O2/c1-14-7-6-9-16-20(14)23(2)18(22-16)13-21-19(24)12-11-15-8-4-5-10-17(15)25-3/h4-10H,11-13H2,1-3H3,(H,21,24). The number of carbonyl (C=O) groups excluding carboxylic acids is 1. The first-order valence-corrected chi connectivity index (χ1v) is 8.39. The van der Waals surface area contributed by atoms with Crippen molar-refractivity contribution in [2.45, 2.75) is 26.3 Å². The molecule has 2 aromatic carbocycles. The smallest absolute Gasteiger partial charge is 0.220 e. The lowest BCUT2D eigenvalue weighted by Crippen LogP contribution is -2.24. The molecule has 0 radical (unpaired) electrons. The Hall–Kier alpha value is -2.82. The van der Waals surface area contributed by atoms with Crippen LogP contribution in [0.25, 0.3) is 11.0 Å². The van der Waals surface area contributed by atoms with E-state index in [0.29, 0.717) is 19.4 Å². The summed E-state index contributed by atoms with van der Waals surface area (Å²) in [5.41, 5.74) is 4.29. The lowest BCUT2D eigenvalue weighted by Gasteiger charge is -2.09. The number of benzene rings is 2. The van der Waals surface area contributed by atoms with Crippen molar-refractivity contribution < 1.29 is 9.53 Å². The monoisotopic (exact) mass is 337 g/mol. The van der Waals surface area contributed by atoms with Crippen LogP contribution in [0.5, 0.6) is 5.75 Å². The van der Waals surface area contributed by atoms with Crippen molar-refractivity contribution in [3.05, 3.63) is 59.4 Å². The topological polar surface area (TPSA) is 56.1 Å². The first kappa shape index (κ1) is 17.0. The summed E-state index contributed by atoms with van der Waals surface area (Å²) in [6.07, 6.45) is 1.07. The second-order valence-electron chi connectivity index (χ2n) is 6.12. The first-order valence-electron chi connectivity index (χ1n) is 8.39. The van der Waals surface area contributed by atoms with Crippen molar-refractivity contribution in [2.75, 3.05) is 7.11 Å². The van der Waals surface area contributed by atoms with E-state index in [1.807, 2.05) is 48.0 Å². The largest absolute Gasteiger partial charge is 0.496 e. The summed E-state index contributed by atoms with van der Waals surface area (Å²) in [5, 5.41) is 2.96. The molecule has 1 heterocycles. The Balaban J connectivity index is 1.61. The van der Waals surface area contributed by atoms with Crippen molar-refractivity contribution in [1.82, 2.24) is 14.9 Å². The molecule has 0 bridgehead atoms. The molecule has 5 nitrogen and oxygen atoms in total. The van der Waals surface area contributed by atoms with Crippen LogP contribution in [0.4, 0.5) is 0 Å². The third-order valence-corrected chi connectivity index (χ3v) is 4.45. The number of aryl methyl sites for hydroxylation is 3. The molecule has 0 atom stereocenters. The highest BCUT2D eigenvalue weighted by Crippen LogP contribution is 2.20. The Morgan fingerprint density at radius 3 is 2.76 bits per heavy atom. The van der Waals surface area contributed by atoms with Crippen molar-refractivity contribution in [2.24, 2.45) is 7.05 Å². The van der Waals surface area contributed by atoms with Crippen molar-refractivity contribution in [1.29, 1.82) is 0 Å². The molecule has 0 aliphatic carbocycles. The Labute approximate surface area is 147 Å². The molecule has 3 rings (SSSR count). The van der Waals surface area contributed by atoms with E-state index in [1.165, 1.54) is 5.56 Å². The zero-order chi connectivity index (χ0) is 17.8. The minimum Gasteiger partial charge on any atom is -0.496 e. The van der Waals surface area contributed by atoms with Gasteiger partial charge in [0.1, 0.15) is 11.6 Å². The van der Waals surface area contributed by atoms with Gasteiger partial charge in [-0.3, -0.25) is 4.79 Å². The molecular formula is C20H23N3O2. The van der Waals surface area contributed by atoms with E-state index in [2.05, 4.69) is 23.3 Å². The van der Waals surface area contributed by atoms with Gasteiger partial charge in [0.25, 0.3) is 0 Å². The van der Waals surface area contributed by atoms with Gasteiger partial charge in [-0.25, -0.2) is 4.98 Å². The predicted molar refractivity (Wildman–Crippen MR) is 98.6 cm³/mol. The average molecular weight is 337 g/mol. The van der Waals surface area contributed by atoms with Gasteiger partial charge < -0.3 is 14.6 Å². The Morgan fingerprint density at radius 2 is 2.00 bits per heavy atom. The first-order chi connectivity index (χ1) is 12.1. The average Bonchev–Trinajstić information content (AvgIpc) is 2.95. The maximum atomic E-state index is 12.2. The molecule has 0 aliphatic heterocycles. The molecule has 5 heteroatoms. The Kier molecular flexibility index (Phi) is 5.03. The summed E-state index contributed by atoms with van der Waals surface area (Å²) < 4.78 is 7.37. The minimum atomic E-state index is 0.00897. The van der Waals surface area contributed by atoms with Crippen LogP contribution < -0.4 is 10.1 Å². The summed E-state index contributed by atoms with van der Waals surface area (Å²) in [7, 11) is 3.63. The van der Waals surface area contributed by atoms with Crippen LogP contribution in [0.2, 0.25) is 0 Å². The van der Waals surface area contributed by atoms with E-state index in [0.717, 1.165) is 28.2 Å². The molecular weight excluding hydrogens is 314 g/mol. The van der Waals surface area contributed by atoms with Crippen LogP contribution in [-0.4, -0.2) is 22.6 Å². The van der Waals surface area contributed by atoms with Crippen LogP contribution >= 0.6 is 0 Å². The number of hydrogen-bond acceptors (Lipinski definition) is 3. The number of nitrogens with one attached hydrogen (secondary N) is 1. The summed E-state index contributed by atoms with van der Waals surface area (Å²) in [5.74, 6) is 1.69. The Morgan fingerprint density at radius 1 is 1.20 bits per heavy atom. The molecule has 0 aliphatic rings. The summed E-state index contributed by atoms with van der Waals surface area (Å²) in [6, 6.07) is 13.8. The van der Waals surface area contributed by atoms with Gasteiger partial charge in [0.05, 0.1) is 24.7 Å². The van der Waals surface area contributed by atoms with Gasteiger partial charge in [-0.2, -0.15) is 0 Å². The van der Waals surface area contributed by atoms with Crippen LogP contribution in [0.15, 0.2) is 42.5 Å². The summed E-state index contributed by atoms with van der Waals surface area (Å²) in [4.78, 5) is 16.8. The van der Waals surface area contributed by atoms with E-state index in [1.54, 1.807) is 7.11 Å².